The van der Waals surface area contributed by atoms with Crippen molar-refractivity contribution in [2.24, 2.45) is 0 Å². The van der Waals surface area contributed by atoms with Crippen molar-refractivity contribution in [3.8, 4) is 89.8 Å². The van der Waals surface area contributed by atoms with Crippen LogP contribution in [0.15, 0.2) is 328 Å². The van der Waals surface area contributed by atoms with Gasteiger partial charge in [0, 0.05) is 73.4 Å². The molecule has 0 fully saturated rings. The van der Waals surface area contributed by atoms with Crippen LogP contribution in [-0.4, -0.2) is 19.9 Å². The van der Waals surface area contributed by atoms with Crippen molar-refractivity contribution in [3.63, 3.8) is 0 Å². The molecule has 0 spiro atoms. The molecule has 94 heavy (non-hydrogen) atoms. The Morgan fingerprint density at radius 3 is 1.07 bits per heavy atom. The van der Waals surface area contributed by atoms with E-state index in [1.807, 2.05) is 53.0 Å². The second kappa shape index (κ2) is 23.2. The Balaban J connectivity index is 0.000000143. The summed E-state index contributed by atoms with van der Waals surface area (Å²) in [7, 11) is 0. The molecule has 0 aliphatic rings. The average Bonchev–Trinajstić information content (AvgIpc) is 1.32. The van der Waals surface area contributed by atoms with Gasteiger partial charge in [-0.2, -0.15) is 0 Å². The number of hydrogen-bond donors (Lipinski definition) is 0. The van der Waals surface area contributed by atoms with Crippen molar-refractivity contribution >= 4 is 117 Å². The van der Waals surface area contributed by atoms with Crippen LogP contribution in [0.4, 0.5) is 0 Å². The number of aromatic nitrogens is 4. The van der Waals surface area contributed by atoms with Gasteiger partial charge in [-0.1, -0.05) is 273 Å². The van der Waals surface area contributed by atoms with Crippen molar-refractivity contribution in [2.45, 2.75) is 0 Å². The normalized spacial score (nSPS) is 11.6. The van der Waals surface area contributed by atoms with Gasteiger partial charge in [0.2, 0.25) is 0 Å². The van der Waals surface area contributed by atoms with E-state index < -0.39 is 0 Å². The predicted molar refractivity (Wildman–Crippen MR) is 401 cm³/mol. The lowest BCUT2D eigenvalue weighted by Crippen LogP contribution is -1.96. The van der Waals surface area contributed by atoms with Crippen LogP contribution < -0.4 is 0 Å². The van der Waals surface area contributed by atoms with Crippen LogP contribution >= 0.6 is 22.7 Å². The van der Waals surface area contributed by atoms with Gasteiger partial charge in [-0.05, 0) is 131 Å². The summed E-state index contributed by atoms with van der Waals surface area (Å²) in [6, 6.07) is 117. The summed E-state index contributed by atoms with van der Waals surface area (Å²) in [5, 5.41) is 14.8. The summed E-state index contributed by atoms with van der Waals surface area (Å²) in [6.07, 6.45) is 0. The van der Waals surface area contributed by atoms with E-state index in [9.17, 15) is 0 Å². The monoisotopic (exact) mass is 1230 g/mol. The molecule has 19 aromatic rings. The van der Waals surface area contributed by atoms with Crippen LogP contribution in [0.1, 0.15) is 0 Å². The third-order valence-electron chi connectivity index (χ3n) is 18.4. The van der Waals surface area contributed by atoms with Gasteiger partial charge in [0.1, 0.15) is 0 Å². The topological polar surface area (TPSA) is 51.6 Å². The molecule has 4 nitrogen and oxygen atoms in total. The fourth-order valence-corrected chi connectivity index (χ4v) is 16.2. The highest BCUT2D eigenvalue weighted by molar-refractivity contribution is 7.26. The minimum Gasteiger partial charge on any atom is -0.228 e. The van der Waals surface area contributed by atoms with Gasteiger partial charge in [-0.25, -0.2) is 19.9 Å². The molecule has 0 amide bonds. The first-order chi connectivity index (χ1) is 46.6. The number of benzene rings is 15. The van der Waals surface area contributed by atoms with E-state index in [2.05, 4.69) is 297 Å². The van der Waals surface area contributed by atoms with Gasteiger partial charge in [-0.15, -0.1) is 22.7 Å². The maximum absolute atomic E-state index is 5.33. The molecule has 0 N–H and O–H groups in total. The number of nitrogens with zero attached hydrogens (tertiary/aromatic N) is 4. The Labute approximate surface area is 550 Å². The third-order valence-corrected chi connectivity index (χ3v) is 20.6. The van der Waals surface area contributed by atoms with E-state index in [1.54, 1.807) is 0 Å². The molecule has 0 unspecified atom stereocenters. The molecule has 0 bridgehead atoms. The minimum absolute atomic E-state index is 0.734. The maximum Gasteiger partial charge on any atom is 0.161 e. The smallest absolute Gasteiger partial charge is 0.161 e. The van der Waals surface area contributed by atoms with Crippen LogP contribution in [-0.2, 0) is 0 Å². The van der Waals surface area contributed by atoms with Crippen molar-refractivity contribution in [2.75, 3.05) is 0 Å². The quantitative estimate of drug-likeness (QED) is 0.142. The first-order valence-corrected chi connectivity index (χ1v) is 33.4. The Bertz CT molecular complexity index is 6110. The average molecular weight is 1230 g/mol. The predicted octanol–water partition coefficient (Wildman–Crippen LogP) is 24.8. The van der Waals surface area contributed by atoms with Crippen LogP contribution in [0.3, 0.4) is 0 Å². The van der Waals surface area contributed by atoms with Crippen LogP contribution in [0.25, 0.3) is 184 Å². The fraction of sp³-hybridized carbons (Fsp3) is 0. The highest BCUT2D eigenvalue weighted by atomic mass is 32.1. The number of thiophene rings is 2. The Morgan fingerprint density at radius 2 is 0.532 bits per heavy atom. The molecule has 0 saturated carbocycles. The fourth-order valence-electron chi connectivity index (χ4n) is 13.8. The summed E-state index contributed by atoms with van der Waals surface area (Å²) in [6.45, 7) is 0. The Hall–Kier alpha value is -11.8. The van der Waals surface area contributed by atoms with Gasteiger partial charge in [0.15, 0.2) is 11.6 Å². The van der Waals surface area contributed by atoms with Gasteiger partial charge >= 0.3 is 0 Å². The second-order valence-corrected chi connectivity index (χ2v) is 26.1. The van der Waals surface area contributed by atoms with Crippen LogP contribution in [0.2, 0.25) is 0 Å². The van der Waals surface area contributed by atoms with Crippen molar-refractivity contribution < 1.29 is 0 Å². The lowest BCUT2D eigenvalue weighted by molar-refractivity contribution is 1.23. The van der Waals surface area contributed by atoms with Gasteiger partial charge in [0.25, 0.3) is 0 Å². The van der Waals surface area contributed by atoms with E-state index >= 15 is 0 Å². The zero-order valence-corrected chi connectivity index (χ0v) is 52.4. The molecule has 0 aliphatic carbocycles. The molecule has 0 aliphatic heterocycles. The Kier molecular flexibility index (Phi) is 13.6. The van der Waals surface area contributed by atoms with Crippen LogP contribution in [0, 0.1) is 0 Å². The zero-order valence-electron chi connectivity index (χ0n) is 50.8. The van der Waals surface area contributed by atoms with Crippen molar-refractivity contribution in [3.05, 3.63) is 328 Å². The summed E-state index contributed by atoms with van der Waals surface area (Å²) >= 11 is 3.67. The highest BCUT2D eigenvalue weighted by Crippen LogP contribution is 2.47. The lowest BCUT2D eigenvalue weighted by atomic mass is 9.91. The molecule has 6 heteroatoms. The number of hydrogen-bond acceptors (Lipinski definition) is 6. The number of para-hydroxylation sites is 2. The largest absolute Gasteiger partial charge is 0.228 e. The summed E-state index contributed by atoms with van der Waals surface area (Å²) in [5.41, 5.74) is 17.6. The maximum atomic E-state index is 5.33. The zero-order chi connectivity index (χ0) is 62.1. The molecular formula is C88H54N4S2. The van der Waals surface area contributed by atoms with Gasteiger partial charge in [-0.3, -0.25) is 0 Å². The van der Waals surface area contributed by atoms with Crippen molar-refractivity contribution in [1.29, 1.82) is 0 Å². The second-order valence-electron chi connectivity index (χ2n) is 23.9. The lowest BCUT2D eigenvalue weighted by Gasteiger charge is -2.14. The van der Waals surface area contributed by atoms with E-state index in [-0.39, 0.29) is 0 Å². The van der Waals surface area contributed by atoms with Crippen LogP contribution in [0.5, 0.6) is 0 Å². The first kappa shape index (κ1) is 55.1. The molecule has 4 heterocycles. The molecule has 19 rings (SSSR count). The first-order valence-electron chi connectivity index (χ1n) is 31.7. The standard InChI is InChI=1S/C50H30N2S.C38H24N2S/c1-2-12-33(13-3-1)50-51-45-20-10-8-18-41(45)49(52-50)44-29-35(30-47-48(44)42-19-9-11-21-46(42)53-47)32-24-22-31(23-25-32)34-26-27-40-38-16-5-4-14-36(38)37-15-6-7-17-39(37)43(40)28-34;1-3-11-25(12-4-1)26-19-21-27(22-20-26)29-23-32(36-31-16-8-10-18-34(31)41-35(36)24-29)38-39-33-17-9-7-15-30(33)37(40-38)28-13-5-2-6-14-28/h1-30H;1-24H. The van der Waals surface area contributed by atoms with E-state index in [0.29, 0.717) is 0 Å². The van der Waals surface area contributed by atoms with Gasteiger partial charge in [0.05, 0.1) is 22.4 Å². The van der Waals surface area contributed by atoms with Crippen molar-refractivity contribution in [1.82, 2.24) is 19.9 Å². The van der Waals surface area contributed by atoms with E-state index in [0.717, 1.165) is 72.7 Å². The number of rotatable bonds is 8. The SMILES string of the molecule is c1ccc(-c2ccc(-c3cc(-c4nc(-c5ccccc5)c5ccccc5n4)c4c(c3)sc3ccccc34)cc2)cc1.c1ccc(-c2nc(-c3cc(-c4ccc(-c5ccc6c7ccccc7c7ccccc7c6c5)cc4)cc4sc5ccccc5c34)c3ccccc3n2)cc1. The molecule has 438 valence electrons. The van der Waals surface area contributed by atoms with Gasteiger partial charge < -0.3 is 0 Å². The van der Waals surface area contributed by atoms with E-state index in [4.69, 9.17) is 19.9 Å². The minimum atomic E-state index is 0.734. The Morgan fingerprint density at radius 1 is 0.181 bits per heavy atom. The summed E-state index contributed by atoms with van der Waals surface area (Å²) in [4.78, 5) is 20.8. The molecule has 15 aromatic carbocycles. The molecule has 0 atom stereocenters. The highest BCUT2D eigenvalue weighted by Gasteiger charge is 2.22. The molecule has 0 saturated heterocycles. The summed E-state index contributed by atoms with van der Waals surface area (Å²) < 4.78 is 5.03. The molecule has 4 aromatic heterocycles. The number of fused-ring (bicyclic) bond motifs is 14. The summed E-state index contributed by atoms with van der Waals surface area (Å²) in [5.74, 6) is 1.48. The third kappa shape index (κ3) is 9.75. The molecule has 0 radical (unpaired) electrons. The molecular weight excluding hydrogens is 1180 g/mol. The van der Waals surface area contributed by atoms with E-state index in [1.165, 1.54) is 112 Å².